The standard InChI is InChI=1S/C36H48N2O2SSi/c1-25(2)42(26(3)4,27(5)6)40-31-19-16-28(17-20-31)36-35(32-13-9-10-14-34(32)41-36)37(7)30-18-15-29(33(23-30)39-8)24-38-21-11-12-22-38/h9-10,13-20,23,25-27H,11-12,21-22,24H2,1-8H3. The van der Waals surface area contributed by atoms with Crippen LogP contribution in [0.3, 0.4) is 0 Å². The second kappa shape index (κ2) is 12.8. The minimum absolute atomic E-state index is 0.541. The van der Waals surface area contributed by atoms with Gasteiger partial charge in [0.1, 0.15) is 11.5 Å². The first-order valence-electron chi connectivity index (χ1n) is 15.6. The van der Waals surface area contributed by atoms with Crippen molar-refractivity contribution in [2.75, 3.05) is 32.1 Å². The van der Waals surface area contributed by atoms with Crippen molar-refractivity contribution >= 4 is 41.1 Å². The monoisotopic (exact) mass is 600 g/mol. The van der Waals surface area contributed by atoms with Crippen LogP contribution >= 0.6 is 11.3 Å². The van der Waals surface area contributed by atoms with E-state index in [4.69, 9.17) is 9.16 Å². The van der Waals surface area contributed by atoms with Gasteiger partial charge in [-0.1, -0.05) is 65.8 Å². The van der Waals surface area contributed by atoms with Crippen molar-refractivity contribution in [2.45, 2.75) is 77.6 Å². The number of methoxy groups -OCH3 is 1. The fourth-order valence-corrected chi connectivity index (χ4v) is 13.7. The lowest BCUT2D eigenvalue weighted by Crippen LogP contribution is -2.50. The van der Waals surface area contributed by atoms with E-state index in [1.165, 1.54) is 57.7 Å². The maximum Gasteiger partial charge on any atom is 0.258 e. The molecule has 42 heavy (non-hydrogen) atoms. The molecule has 2 heterocycles. The fraction of sp³-hybridized carbons (Fsp3) is 0.444. The number of rotatable bonds is 11. The van der Waals surface area contributed by atoms with Gasteiger partial charge in [0.2, 0.25) is 0 Å². The van der Waals surface area contributed by atoms with Gasteiger partial charge in [-0.2, -0.15) is 0 Å². The van der Waals surface area contributed by atoms with E-state index in [1.807, 2.05) is 11.3 Å². The third-order valence-electron chi connectivity index (χ3n) is 9.27. The zero-order chi connectivity index (χ0) is 30.0. The Morgan fingerprint density at radius 3 is 2.12 bits per heavy atom. The molecule has 1 aliphatic heterocycles. The molecule has 3 aromatic carbocycles. The number of ether oxygens (including phenoxy) is 1. The maximum absolute atomic E-state index is 6.98. The van der Waals surface area contributed by atoms with Gasteiger partial charge < -0.3 is 14.1 Å². The maximum atomic E-state index is 6.98. The van der Waals surface area contributed by atoms with Crippen LogP contribution in [-0.2, 0) is 6.54 Å². The minimum Gasteiger partial charge on any atom is -0.543 e. The second-order valence-corrected chi connectivity index (χ2v) is 19.2. The summed E-state index contributed by atoms with van der Waals surface area (Å²) in [6, 6.07) is 24.3. The highest BCUT2D eigenvalue weighted by Gasteiger charge is 2.47. The Balaban J connectivity index is 1.50. The summed E-state index contributed by atoms with van der Waals surface area (Å²) in [7, 11) is 1.96. The van der Waals surface area contributed by atoms with E-state index < -0.39 is 8.32 Å². The predicted octanol–water partition coefficient (Wildman–Crippen LogP) is 10.5. The summed E-state index contributed by atoms with van der Waals surface area (Å²) in [5.74, 6) is 1.96. The van der Waals surface area contributed by atoms with Crippen LogP contribution in [0.15, 0.2) is 66.7 Å². The molecule has 0 atom stereocenters. The normalized spacial score (nSPS) is 14.5. The van der Waals surface area contributed by atoms with Crippen LogP contribution in [0.1, 0.15) is 59.9 Å². The van der Waals surface area contributed by atoms with Gasteiger partial charge in [0.15, 0.2) is 0 Å². The van der Waals surface area contributed by atoms with E-state index in [1.54, 1.807) is 7.11 Å². The molecule has 0 bridgehead atoms. The topological polar surface area (TPSA) is 24.9 Å². The number of hydrogen-bond acceptors (Lipinski definition) is 5. The molecule has 5 rings (SSSR count). The Bertz CT molecular complexity index is 1470. The Kier molecular flexibility index (Phi) is 9.36. The molecule has 0 radical (unpaired) electrons. The molecule has 0 unspecified atom stereocenters. The summed E-state index contributed by atoms with van der Waals surface area (Å²) >= 11 is 1.86. The van der Waals surface area contributed by atoms with Gasteiger partial charge in [0, 0.05) is 41.0 Å². The van der Waals surface area contributed by atoms with Crippen LogP contribution in [0.5, 0.6) is 11.5 Å². The lowest BCUT2D eigenvalue weighted by Gasteiger charge is -2.42. The fourth-order valence-electron chi connectivity index (χ4n) is 7.18. The molecule has 1 fully saturated rings. The van der Waals surface area contributed by atoms with E-state index in [2.05, 4.69) is 125 Å². The molecule has 224 valence electrons. The molecule has 1 saturated heterocycles. The van der Waals surface area contributed by atoms with E-state index in [0.717, 1.165) is 23.7 Å². The molecule has 4 aromatic rings. The lowest BCUT2D eigenvalue weighted by molar-refractivity contribution is 0.321. The molecular weight excluding hydrogens is 553 g/mol. The van der Waals surface area contributed by atoms with Gasteiger partial charge in [-0.15, -0.1) is 11.3 Å². The first kappa shape index (κ1) is 30.6. The highest BCUT2D eigenvalue weighted by atomic mass is 32.1. The smallest absolute Gasteiger partial charge is 0.258 e. The zero-order valence-electron chi connectivity index (χ0n) is 26.7. The van der Waals surface area contributed by atoms with Crippen molar-refractivity contribution < 1.29 is 9.16 Å². The van der Waals surface area contributed by atoms with Crippen molar-refractivity contribution in [3.05, 3.63) is 72.3 Å². The summed E-state index contributed by atoms with van der Waals surface area (Å²) in [6.45, 7) is 17.3. The average Bonchev–Trinajstić information content (AvgIpc) is 3.63. The van der Waals surface area contributed by atoms with Crippen molar-refractivity contribution in [1.82, 2.24) is 4.90 Å². The number of hydrogen-bond donors (Lipinski definition) is 0. The van der Waals surface area contributed by atoms with E-state index in [0.29, 0.717) is 16.6 Å². The van der Waals surface area contributed by atoms with Gasteiger partial charge in [0.05, 0.1) is 17.7 Å². The van der Waals surface area contributed by atoms with Gasteiger partial charge in [0.25, 0.3) is 8.32 Å². The van der Waals surface area contributed by atoms with Crippen LogP contribution in [0.2, 0.25) is 16.6 Å². The van der Waals surface area contributed by atoms with E-state index in [9.17, 15) is 0 Å². The highest BCUT2D eigenvalue weighted by molar-refractivity contribution is 7.23. The predicted molar refractivity (Wildman–Crippen MR) is 185 cm³/mol. The summed E-state index contributed by atoms with van der Waals surface area (Å²) in [4.78, 5) is 6.12. The molecule has 1 aliphatic rings. The molecule has 0 N–H and O–H groups in total. The first-order valence-corrected chi connectivity index (χ1v) is 18.5. The average molecular weight is 601 g/mol. The van der Waals surface area contributed by atoms with Gasteiger partial charge in [-0.25, -0.2) is 0 Å². The Hall–Kier alpha value is -2.80. The largest absolute Gasteiger partial charge is 0.543 e. The summed E-state index contributed by atoms with van der Waals surface area (Å²) < 4.78 is 14.2. The third-order valence-corrected chi connectivity index (χ3v) is 16.5. The minimum atomic E-state index is -2.01. The van der Waals surface area contributed by atoms with E-state index >= 15 is 0 Å². The van der Waals surface area contributed by atoms with Crippen molar-refractivity contribution in [3.8, 4) is 21.9 Å². The third kappa shape index (κ3) is 5.86. The number of benzene rings is 3. The molecule has 1 aromatic heterocycles. The van der Waals surface area contributed by atoms with Crippen LogP contribution < -0.4 is 14.1 Å². The van der Waals surface area contributed by atoms with Gasteiger partial charge in [-0.3, -0.25) is 4.90 Å². The van der Waals surface area contributed by atoms with E-state index in [-0.39, 0.29) is 0 Å². The van der Waals surface area contributed by atoms with Crippen molar-refractivity contribution in [1.29, 1.82) is 0 Å². The van der Waals surface area contributed by atoms with Crippen molar-refractivity contribution in [3.63, 3.8) is 0 Å². The van der Waals surface area contributed by atoms with Crippen LogP contribution in [0, 0.1) is 0 Å². The van der Waals surface area contributed by atoms with Crippen LogP contribution in [0.25, 0.3) is 20.5 Å². The molecular formula is C36H48N2O2SSi. The SMILES string of the molecule is COc1cc(N(C)c2c(-c3ccc(O[Si](C(C)C)(C(C)C)C(C)C)cc3)sc3ccccc23)ccc1CN1CCCC1. The Morgan fingerprint density at radius 2 is 1.50 bits per heavy atom. The molecule has 0 aliphatic carbocycles. The van der Waals surface area contributed by atoms with Crippen LogP contribution in [0.4, 0.5) is 11.4 Å². The number of fused-ring (bicyclic) bond motifs is 1. The Labute approximate surface area is 258 Å². The van der Waals surface area contributed by atoms with Gasteiger partial charge >= 0.3 is 0 Å². The molecule has 0 amide bonds. The molecule has 6 heteroatoms. The summed E-state index contributed by atoms with van der Waals surface area (Å²) in [5, 5.41) is 1.27. The zero-order valence-corrected chi connectivity index (χ0v) is 28.6. The molecule has 0 spiro atoms. The lowest BCUT2D eigenvalue weighted by atomic mass is 10.1. The number of thiophene rings is 1. The number of nitrogens with zero attached hydrogens (tertiary/aromatic N) is 2. The highest BCUT2D eigenvalue weighted by Crippen LogP contribution is 2.48. The first-order chi connectivity index (χ1) is 20.1. The summed E-state index contributed by atoms with van der Waals surface area (Å²) in [6.07, 6.45) is 2.58. The summed E-state index contributed by atoms with van der Waals surface area (Å²) in [5.41, 5.74) is 6.45. The second-order valence-electron chi connectivity index (χ2n) is 12.8. The molecule has 0 saturated carbocycles. The molecule has 4 nitrogen and oxygen atoms in total. The van der Waals surface area contributed by atoms with Crippen molar-refractivity contribution in [2.24, 2.45) is 0 Å². The van der Waals surface area contributed by atoms with Gasteiger partial charge in [-0.05, 0) is 84.5 Å². The Morgan fingerprint density at radius 1 is 0.857 bits per heavy atom. The quantitative estimate of drug-likeness (QED) is 0.160. The number of anilines is 2. The number of likely N-dealkylation sites (tertiary alicyclic amines) is 1. The van der Waals surface area contributed by atoms with Crippen LogP contribution in [-0.4, -0.2) is 40.5 Å².